The van der Waals surface area contributed by atoms with E-state index in [4.69, 9.17) is 4.74 Å². The predicted molar refractivity (Wildman–Crippen MR) is 52.7 cm³/mol. The van der Waals surface area contributed by atoms with Crippen molar-refractivity contribution in [2.75, 3.05) is 19.0 Å². The quantitative estimate of drug-likeness (QED) is 0.617. The van der Waals surface area contributed by atoms with Gasteiger partial charge in [0.1, 0.15) is 0 Å². The smallest absolute Gasteiger partial charge is 0.0600 e. The van der Waals surface area contributed by atoms with Gasteiger partial charge in [-0.05, 0) is 20.3 Å². The number of hydrogen-bond acceptors (Lipinski definition) is 3. The van der Waals surface area contributed by atoms with Crippen molar-refractivity contribution in [1.82, 2.24) is 5.32 Å². The largest absolute Gasteiger partial charge is 0.380 e. The lowest BCUT2D eigenvalue weighted by molar-refractivity contribution is 0.0737. The van der Waals surface area contributed by atoms with Crippen LogP contribution in [-0.2, 0) is 4.74 Å². The molecule has 2 heterocycles. The molecule has 2 atom stereocenters. The number of hydrogen-bond donors (Lipinski definition) is 1. The molecular weight excluding hydrogens is 170 g/mol. The van der Waals surface area contributed by atoms with Gasteiger partial charge in [-0.25, -0.2) is 0 Å². The minimum absolute atomic E-state index is 0.323. The van der Waals surface area contributed by atoms with Gasteiger partial charge in [0.15, 0.2) is 0 Å². The normalized spacial score (nSPS) is 40.5. The second-order valence-corrected chi connectivity index (χ2v) is 5.58. The highest BCUT2D eigenvalue weighted by molar-refractivity contribution is 8.00. The second-order valence-electron chi connectivity index (χ2n) is 4.35. The van der Waals surface area contributed by atoms with Crippen LogP contribution in [0, 0.1) is 0 Å². The van der Waals surface area contributed by atoms with Crippen molar-refractivity contribution >= 4 is 11.8 Å². The van der Waals surface area contributed by atoms with Crippen LogP contribution in [0.1, 0.15) is 20.3 Å². The third kappa shape index (κ3) is 1.78. The van der Waals surface area contributed by atoms with Crippen molar-refractivity contribution in [3.8, 4) is 0 Å². The Balaban J connectivity index is 1.99. The maximum atomic E-state index is 5.45. The zero-order valence-electron chi connectivity index (χ0n) is 7.80. The fraction of sp³-hybridized carbons (Fsp3) is 1.00. The van der Waals surface area contributed by atoms with Crippen LogP contribution in [0.3, 0.4) is 0 Å². The topological polar surface area (TPSA) is 21.3 Å². The van der Waals surface area contributed by atoms with E-state index in [2.05, 4.69) is 30.9 Å². The van der Waals surface area contributed by atoms with Gasteiger partial charge in [0.05, 0.1) is 6.61 Å². The average molecular weight is 187 g/mol. The van der Waals surface area contributed by atoms with E-state index in [0.29, 0.717) is 16.8 Å². The van der Waals surface area contributed by atoms with Crippen LogP contribution in [0.4, 0.5) is 0 Å². The Morgan fingerprint density at radius 3 is 3.17 bits per heavy atom. The molecule has 1 N–H and O–H groups in total. The molecule has 2 nitrogen and oxygen atoms in total. The standard InChI is InChI=1S/C9H17NOS/c1-9(2)6-12-8-5-11-4-3-7(8)10-9/h7-8,10H,3-6H2,1-2H3. The molecule has 0 saturated carbocycles. The van der Waals surface area contributed by atoms with Crippen LogP contribution < -0.4 is 5.32 Å². The van der Waals surface area contributed by atoms with E-state index in [1.54, 1.807) is 0 Å². The molecule has 0 amide bonds. The Bertz CT molecular complexity index is 172. The summed E-state index contributed by atoms with van der Waals surface area (Å²) >= 11 is 2.07. The lowest BCUT2D eigenvalue weighted by Crippen LogP contribution is -2.58. The molecule has 2 aliphatic rings. The third-order valence-corrected chi connectivity index (χ3v) is 4.32. The number of ether oxygens (including phenoxy) is 1. The molecule has 2 saturated heterocycles. The SMILES string of the molecule is CC1(C)CSC2COCCC2N1. The van der Waals surface area contributed by atoms with E-state index >= 15 is 0 Å². The first-order valence-electron chi connectivity index (χ1n) is 4.64. The van der Waals surface area contributed by atoms with Gasteiger partial charge in [0.2, 0.25) is 0 Å². The molecule has 0 spiro atoms. The summed E-state index contributed by atoms with van der Waals surface area (Å²) < 4.78 is 5.45. The molecule has 2 fully saturated rings. The second kappa shape index (κ2) is 3.20. The Morgan fingerprint density at radius 1 is 1.50 bits per heavy atom. The lowest BCUT2D eigenvalue weighted by atomic mass is 10.0. The zero-order chi connectivity index (χ0) is 8.60. The molecule has 0 aromatic rings. The molecule has 3 heteroatoms. The Morgan fingerprint density at radius 2 is 2.33 bits per heavy atom. The van der Waals surface area contributed by atoms with Gasteiger partial charge >= 0.3 is 0 Å². The molecule has 0 radical (unpaired) electrons. The minimum Gasteiger partial charge on any atom is -0.380 e. The van der Waals surface area contributed by atoms with Crippen LogP contribution in [0.15, 0.2) is 0 Å². The summed E-state index contributed by atoms with van der Waals surface area (Å²) in [5.74, 6) is 1.21. The molecule has 0 aromatic carbocycles. The van der Waals surface area contributed by atoms with Crippen molar-refractivity contribution < 1.29 is 4.74 Å². The van der Waals surface area contributed by atoms with Crippen molar-refractivity contribution in [2.24, 2.45) is 0 Å². The molecule has 0 aromatic heterocycles. The molecular formula is C9H17NOS. The van der Waals surface area contributed by atoms with Gasteiger partial charge in [0.25, 0.3) is 0 Å². The van der Waals surface area contributed by atoms with Crippen LogP contribution in [0.25, 0.3) is 0 Å². The van der Waals surface area contributed by atoms with Gasteiger partial charge in [-0.1, -0.05) is 0 Å². The summed E-state index contributed by atoms with van der Waals surface area (Å²) in [6.45, 7) is 6.45. The summed E-state index contributed by atoms with van der Waals surface area (Å²) in [6, 6.07) is 0.687. The first-order valence-corrected chi connectivity index (χ1v) is 5.69. The summed E-state index contributed by atoms with van der Waals surface area (Å²) in [5, 5.41) is 4.39. The highest BCUT2D eigenvalue weighted by Gasteiger charge is 2.36. The minimum atomic E-state index is 0.323. The molecule has 0 aliphatic carbocycles. The maximum absolute atomic E-state index is 5.45. The summed E-state index contributed by atoms with van der Waals surface area (Å²) in [6.07, 6.45) is 1.18. The molecule has 70 valence electrons. The van der Waals surface area contributed by atoms with E-state index in [-0.39, 0.29) is 0 Å². The highest BCUT2D eigenvalue weighted by Crippen LogP contribution is 2.30. The van der Waals surface area contributed by atoms with Crippen molar-refractivity contribution in [2.45, 2.75) is 37.1 Å². The van der Waals surface area contributed by atoms with Gasteiger partial charge in [0, 0.05) is 29.2 Å². The van der Waals surface area contributed by atoms with Crippen LogP contribution >= 0.6 is 11.8 Å². The maximum Gasteiger partial charge on any atom is 0.0600 e. The summed E-state index contributed by atoms with van der Waals surface area (Å²) in [7, 11) is 0. The van der Waals surface area contributed by atoms with E-state index < -0.39 is 0 Å². The van der Waals surface area contributed by atoms with Crippen LogP contribution in [0.5, 0.6) is 0 Å². The average Bonchev–Trinajstić information content (AvgIpc) is 2.02. The van der Waals surface area contributed by atoms with Gasteiger partial charge in [-0.3, -0.25) is 0 Å². The number of fused-ring (bicyclic) bond motifs is 1. The molecule has 2 aliphatic heterocycles. The fourth-order valence-corrected chi connectivity index (χ4v) is 3.24. The van der Waals surface area contributed by atoms with Gasteiger partial charge < -0.3 is 10.1 Å². The van der Waals surface area contributed by atoms with E-state index in [1.807, 2.05) is 0 Å². The monoisotopic (exact) mass is 187 g/mol. The van der Waals surface area contributed by atoms with E-state index in [1.165, 1.54) is 12.2 Å². The fourth-order valence-electron chi connectivity index (χ4n) is 1.90. The van der Waals surface area contributed by atoms with Gasteiger partial charge in [-0.2, -0.15) is 11.8 Å². The Labute approximate surface area is 78.4 Å². The number of rotatable bonds is 0. The van der Waals surface area contributed by atoms with Crippen molar-refractivity contribution in [3.63, 3.8) is 0 Å². The summed E-state index contributed by atoms with van der Waals surface area (Å²) in [4.78, 5) is 0. The Hall–Kier alpha value is 0.270. The predicted octanol–water partition coefficient (Wildman–Crippen LogP) is 1.26. The van der Waals surface area contributed by atoms with E-state index in [0.717, 1.165) is 13.2 Å². The zero-order valence-corrected chi connectivity index (χ0v) is 8.62. The van der Waals surface area contributed by atoms with Crippen molar-refractivity contribution in [1.29, 1.82) is 0 Å². The summed E-state index contributed by atoms with van der Waals surface area (Å²) in [5.41, 5.74) is 0.323. The first kappa shape index (κ1) is 8.85. The van der Waals surface area contributed by atoms with Gasteiger partial charge in [-0.15, -0.1) is 0 Å². The lowest BCUT2D eigenvalue weighted by Gasteiger charge is -2.43. The molecule has 12 heavy (non-hydrogen) atoms. The number of thioether (sulfide) groups is 1. The molecule has 0 bridgehead atoms. The first-order chi connectivity index (χ1) is 5.67. The Kier molecular flexibility index (Phi) is 2.36. The number of nitrogens with one attached hydrogen (secondary N) is 1. The highest BCUT2D eigenvalue weighted by atomic mass is 32.2. The van der Waals surface area contributed by atoms with Crippen molar-refractivity contribution in [3.05, 3.63) is 0 Å². The van der Waals surface area contributed by atoms with Crippen LogP contribution in [0.2, 0.25) is 0 Å². The molecule has 2 rings (SSSR count). The third-order valence-electron chi connectivity index (χ3n) is 2.54. The molecule has 2 unspecified atom stereocenters. The van der Waals surface area contributed by atoms with Crippen LogP contribution in [-0.4, -0.2) is 35.8 Å². The van der Waals surface area contributed by atoms with E-state index in [9.17, 15) is 0 Å².